The molecule has 0 spiro atoms. The average Bonchev–Trinajstić information content (AvgIpc) is 2.96. The Morgan fingerprint density at radius 3 is 2.54 bits per heavy atom. The highest BCUT2D eigenvalue weighted by atomic mass is 15.6. The monoisotopic (exact) mass is 317 g/mol. The van der Waals surface area contributed by atoms with E-state index in [0.29, 0.717) is 5.56 Å². The van der Waals surface area contributed by atoms with E-state index >= 15 is 0 Å². The zero-order valence-corrected chi connectivity index (χ0v) is 13.6. The van der Waals surface area contributed by atoms with Gasteiger partial charge in [0.05, 0.1) is 23.0 Å². The van der Waals surface area contributed by atoms with Gasteiger partial charge in [-0.25, -0.2) is 5.01 Å². The smallest absolute Gasteiger partial charge is 0.110 e. The number of hydrogen-bond acceptors (Lipinski definition) is 5. The van der Waals surface area contributed by atoms with Gasteiger partial charge in [0.25, 0.3) is 0 Å². The number of anilines is 1. The van der Waals surface area contributed by atoms with Gasteiger partial charge in [0, 0.05) is 13.1 Å². The summed E-state index contributed by atoms with van der Waals surface area (Å²) in [6, 6.07) is 19.8. The van der Waals surface area contributed by atoms with Gasteiger partial charge in [-0.2, -0.15) is 5.26 Å². The van der Waals surface area contributed by atoms with Gasteiger partial charge in [0.15, 0.2) is 0 Å². The second-order valence-electron chi connectivity index (χ2n) is 5.88. The van der Waals surface area contributed by atoms with Crippen molar-refractivity contribution < 1.29 is 0 Å². The molecule has 1 heterocycles. The highest BCUT2D eigenvalue weighted by Gasteiger charge is 2.28. The second kappa shape index (κ2) is 7.07. The van der Waals surface area contributed by atoms with Crippen molar-refractivity contribution in [1.29, 1.82) is 5.26 Å². The molecule has 5 heteroatoms. The maximum Gasteiger partial charge on any atom is 0.110 e. The van der Waals surface area contributed by atoms with E-state index in [1.54, 1.807) is 12.1 Å². The van der Waals surface area contributed by atoms with Gasteiger partial charge < -0.3 is 0 Å². The summed E-state index contributed by atoms with van der Waals surface area (Å²) >= 11 is 0. The third kappa shape index (κ3) is 3.50. The predicted molar refractivity (Wildman–Crippen MR) is 94.2 cm³/mol. The van der Waals surface area contributed by atoms with Crippen molar-refractivity contribution in [1.82, 2.24) is 4.90 Å². The molecule has 1 aliphatic heterocycles. The Morgan fingerprint density at radius 2 is 1.88 bits per heavy atom. The van der Waals surface area contributed by atoms with Crippen molar-refractivity contribution in [2.45, 2.75) is 12.6 Å². The minimum atomic E-state index is -0.00773. The molecule has 1 atom stereocenters. The van der Waals surface area contributed by atoms with Crippen molar-refractivity contribution in [3.8, 4) is 6.07 Å². The van der Waals surface area contributed by atoms with E-state index in [0.717, 1.165) is 24.5 Å². The lowest BCUT2D eigenvalue weighted by Gasteiger charge is -2.27. The van der Waals surface area contributed by atoms with E-state index in [1.807, 2.05) is 35.3 Å². The van der Waals surface area contributed by atoms with Gasteiger partial charge in [-0.05, 0) is 36.9 Å². The summed E-state index contributed by atoms with van der Waals surface area (Å²) in [6.07, 6.45) is 0. The number of hydrogen-bond donors (Lipinski definition) is 0. The van der Waals surface area contributed by atoms with Crippen LogP contribution in [0.2, 0.25) is 0 Å². The van der Waals surface area contributed by atoms with Crippen LogP contribution in [0, 0.1) is 11.3 Å². The van der Waals surface area contributed by atoms with Gasteiger partial charge in [-0.3, -0.25) is 4.90 Å². The summed E-state index contributed by atoms with van der Waals surface area (Å²) in [4.78, 5) is 2.23. The number of benzene rings is 2. The molecule has 0 saturated heterocycles. The Labute approximate surface area is 142 Å². The van der Waals surface area contributed by atoms with Crippen LogP contribution in [0.15, 0.2) is 77.2 Å². The fraction of sp³-hybridized carbons (Fsp3) is 0.211. The summed E-state index contributed by atoms with van der Waals surface area (Å²) in [5, 5.41) is 19.2. The SMILES string of the molecule is C=C1N=NN(c2ccc(C#N)cc2)C1CN(C)Cc1ccccc1. The number of likely N-dealkylation sites (N-methyl/N-ethyl adjacent to an activating group) is 1. The molecule has 0 bridgehead atoms. The highest BCUT2D eigenvalue weighted by Crippen LogP contribution is 2.28. The number of nitriles is 1. The fourth-order valence-corrected chi connectivity index (χ4v) is 2.73. The molecule has 5 nitrogen and oxygen atoms in total. The van der Waals surface area contributed by atoms with Crippen LogP contribution in [0.1, 0.15) is 11.1 Å². The highest BCUT2D eigenvalue weighted by molar-refractivity contribution is 5.52. The third-order valence-corrected chi connectivity index (χ3v) is 3.99. The minimum absolute atomic E-state index is 0.00773. The van der Waals surface area contributed by atoms with Crippen LogP contribution < -0.4 is 5.01 Å². The molecule has 0 aromatic heterocycles. The minimum Gasteiger partial charge on any atom is -0.300 e. The largest absolute Gasteiger partial charge is 0.300 e. The summed E-state index contributed by atoms with van der Waals surface area (Å²) in [7, 11) is 2.08. The Kier molecular flexibility index (Phi) is 4.69. The normalized spacial score (nSPS) is 16.6. The molecule has 0 N–H and O–H groups in total. The van der Waals surface area contributed by atoms with Crippen molar-refractivity contribution >= 4 is 5.69 Å². The Morgan fingerprint density at radius 1 is 1.17 bits per heavy atom. The van der Waals surface area contributed by atoms with Gasteiger partial charge in [0.1, 0.15) is 6.04 Å². The summed E-state index contributed by atoms with van der Waals surface area (Å²) in [6.45, 7) is 5.64. The maximum atomic E-state index is 8.92. The molecule has 3 rings (SSSR count). The summed E-state index contributed by atoms with van der Waals surface area (Å²) in [5.41, 5.74) is 3.56. The molecule has 0 radical (unpaired) electrons. The van der Waals surface area contributed by atoms with Crippen LogP contribution in [-0.4, -0.2) is 24.5 Å². The van der Waals surface area contributed by atoms with E-state index in [1.165, 1.54) is 5.56 Å². The maximum absolute atomic E-state index is 8.92. The first-order valence-corrected chi connectivity index (χ1v) is 7.79. The Bertz CT molecular complexity index is 774. The van der Waals surface area contributed by atoms with Crippen LogP contribution in [-0.2, 0) is 6.54 Å². The van der Waals surface area contributed by atoms with Crippen molar-refractivity contribution in [3.05, 3.63) is 78.0 Å². The molecule has 0 saturated carbocycles. The lowest BCUT2D eigenvalue weighted by Crippen LogP contribution is -2.38. The molecular formula is C19H19N5. The van der Waals surface area contributed by atoms with Crippen molar-refractivity contribution in [2.75, 3.05) is 18.6 Å². The fourth-order valence-electron chi connectivity index (χ4n) is 2.73. The van der Waals surface area contributed by atoms with E-state index in [4.69, 9.17) is 5.26 Å². The Hall–Kier alpha value is -2.97. The average molecular weight is 317 g/mol. The lowest BCUT2D eigenvalue weighted by atomic mass is 10.1. The van der Waals surface area contributed by atoms with Gasteiger partial charge in [0.2, 0.25) is 0 Å². The zero-order chi connectivity index (χ0) is 16.9. The molecule has 2 aromatic carbocycles. The van der Waals surface area contributed by atoms with Crippen LogP contribution in [0.4, 0.5) is 5.69 Å². The molecule has 0 amide bonds. The van der Waals surface area contributed by atoms with Crippen molar-refractivity contribution in [2.24, 2.45) is 10.3 Å². The van der Waals surface area contributed by atoms with E-state index in [-0.39, 0.29) is 6.04 Å². The van der Waals surface area contributed by atoms with Crippen LogP contribution in [0.5, 0.6) is 0 Å². The number of nitrogens with zero attached hydrogens (tertiary/aromatic N) is 5. The first-order valence-electron chi connectivity index (χ1n) is 7.79. The third-order valence-electron chi connectivity index (χ3n) is 3.99. The van der Waals surface area contributed by atoms with Gasteiger partial charge in [-0.1, -0.05) is 42.1 Å². The topological polar surface area (TPSA) is 55.0 Å². The standard InChI is InChI=1S/C19H19N5/c1-15-19(14-23(2)13-17-6-4-3-5-7-17)24(22-21-15)18-10-8-16(12-20)9-11-18/h3-11,19H,1,13-14H2,2H3. The molecule has 24 heavy (non-hydrogen) atoms. The van der Waals surface area contributed by atoms with E-state index in [2.05, 4.69) is 47.1 Å². The molecule has 1 aliphatic rings. The first kappa shape index (κ1) is 15.9. The molecule has 0 fully saturated rings. The summed E-state index contributed by atoms with van der Waals surface area (Å²) < 4.78 is 0. The molecule has 1 unspecified atom stereocenters. The summed E-state index contributed by atoms with van der Waals surface area (Å²) in [5.74, 6) is 0. The predicted octanol–water partition coefficient (Wildman–Crippen LogP) is 3.76. The molecule has 0 aliphatic carbocycles. The number of rotatable bonds is 5. The van der Waals surface area contributed by atoms with Gasteiger partial charge in [-0.15, -0.1) is 5.11 Å². The Balaban J connectivity index is 1.70. The van der Waals surface area contributed by atoms with Crippen LogP contribution in [0.3, 0.4) is 0 Å². The van der Waals surface area contributed by atoms with Gasteiger partial charge >= 0.3 is 0 Å². The molecular weight excluding hydrogens is 298 g/mol. The van der Waals surface area contributed by atoms with Crippen LogP contribution in [0.25, 0.3) is 0 Å². The molecule has 120 valence electrons. The first-order chi connectivity index (χ1) is 11.7. The zero-order valence-electron chi connectivity index (χ0n) is 13.6. The van der Waals surface area contributed by atoms with Crippen LogP contribution >= 0.6 is 0 Å². The van der Waals surface area contributed by atoms with E-state index in [9.17, 15) is 0 Å². The van der Waals surface area contributed by atoms with Crippen molar-refractivity contribution in [3.63, 3.8) is 0 Å². The lowest BCUT2D eigenvalue weighted by molar-refractivity contribution is 0.313. The van der Waals surface area contributed by atoms with E-state index < -0.39 is 0 Å². The quantitative estimate of drug-likeness (QED) is 0.843. The second-order valence-corrected chi connectivity index (χ2v) is 5.88. The molecule has 2 aromatic rings.